The average molecular weight is 560 g/mol. The fraction of sp³-hybridized carbons (Fsp3) is 0.304. The van der Waals surface area contributed by atoms with E-state index < -0.39 is 49.3 Å². The highest BCUT2D eigenvalue weighted by atomic mass is 35.5. The Labute approximate surface area is 218 Å². The molecule has 0 aliphatic heterocycles. The van der Waals surface area contributed by atoms with Crippen molar-refractivity contribution in [2.45, 2.75) is 31.6 Å². The number of hydrogen-bond donors (Lipinski definition) is 2. The Hall–Kier alpha value is -3.51. The van der Waals surface area contributed by atoms with Crippen LogP contribution in [0.2, 0.25) is 10.0 Å². The van der Waals surface area contributed by atoms with Crippen molar-refractivity contribution in [2.24, 2.45) is 5.73 Å². The molecule has 1 heterocycles. The molecule has 0 bridgehead atoms. The minimum atomic E-state index is -4.50. The second kappa shape index (κ2) is 12.2. The van der Waals surface area contributed by atoms with E-state index in [2.05, 4.69) is 10.4 Å². The maximum absolute atomic E-state index is 12.9. The number of nitrogens with one attached hydrogen (secondary N) is 1. The van der Waals surface area contributed by atoms with Gasteiger partial charge in [0.2, 0.25) is 5.91 Å². The Morgan fingerprint density at radius 3 is 2.41 bits per heavy atom. The summed E-state index contributed by atoms with van der Waals surface area (Å²) >= 11 is 12.1. The summed E-state index contributed by atoms with van der Waals surface area (Å²) in [5.41, 5.74) is 5.10. The van der Waals surface area contributed by atoms with Gasteiger partial charge in [-0.1, -0.05) is 41.4 Å². The fourth-order valence-electron chi connectivity index (χ4n) is 3.47. The molecule has 2 aromatic carbocycles. The number of primary amides is 1. The summed E-state index contributed by atoms with van der Waals surface area (Å²) in [7, 11) is 0. The summed E-state index contributed by atoms with van der Waals surface area (Å²) < 4.78 is 45.1. The molecule has 3 rings (SSSR count). The lowest BCUT2D eigenvalue weighted by Gasteiger charge is -2.18. The molecule has 37 heavy (non-hydrogen) atoms. The normalized spacial score (nSPS) is 12.2. The quantitative estimate of drug-likeness (QED) is 0.389. The van der Waals surface area contributed by atoms with E-state index in [-0.39, 0.29) is 19.0 Å². The third-order valence-electron chi connectivity index (χ3n) is 5.25. The molecule has 2 amide bonds. The van der Waals surface area contributed by atoms with Gasteiger partial charge < -0.3 is 15.8 Å². The highest BCUT2D eigenvalue weighted by Gasteiger charge is 2.29. The first kappa shape index (κ1) is 28.1. The summed E-state index contributed by atoms with van der Waals surface area (Å²) in [4.78, 5) is 36.6. The van der Waals surface area contributed by atoms with Crippen LogP contribution in [0.25, 0.3) is 11.4 Å². The number of nitrogens with zero attached hydrogens (tertiary/aromatic N) is 3. The van der Waals surface area contributed by atoms with Gasteiger partial charge in [0, 0.05) is 34.6 Å². The second-order valence-corrected chi connectivity index (χ2v) is 8.78. The molecule has 198 valence electrons. The molecule has 0 aliphatic carbocycles. The summed E-state index contributed by atoms with van der Waals surface area (Å²) in [5, 5.41) is 7.47. The molecule has 3 aromatic rings. The van der Waals surface area contributed by atoms with E-state index in [9.17, 15) is 27.6 Å². The Morgan fingerprint density at radius 1 is 1.11 bits per heavy atom. The maximum atomic E-state index is 12.9. The number of alkyl halides is 3. The van der Waals surface area contributed by atoms with Crippen LogP contribution in [-0.2, 0) is 22.6 Å². The fourth-order valence-corrected chi connectivity index (χ4v) is 3.89. The van der Waals surface area contributed by atoms with E-state index in [1.54, 1.807) is 24.3 Å². The van der Waals surface area contributed by atoms with Gasteiger partial charge in [-0.3, -0.25) is 9.36 Å². The first-order valence-corrected chi connectivity index (χ1v) is 11.6. The summed E-state index contributed by atoms with van der Waals surface area (Å²) in [5.74, 6) is -1.25. The monoisotopic (exact) mass is 559 g/mol. The van der Waals surface area contributed by atoms with Crippen molar-refractivity contribution in [3.05, 3.63) is 74.6 Å². The Bertz CT molecular complexity index is 1310. The van der Waals surface area contributed by atoms with Crippen molar-refractivity contribution in [1.82, 2.24) is 19.7 Å². The van der Waals surface area contributed by atoms with E-state index >= 15 is 0 Å². The lowest BCUT2D eigenvalue weighted by molar-refractivity contribution is -0.136. The van der Waals surface area contributed by atoms with Crippen LogP contribution in [0.4, 0.5) is 18.0 Å². The zero-order valence-electron chi connectivity index (χ0n) is 19.2. The highest BCUT2D eigenvalue weighted by molar-refractivity contribution is 6.31. The largest absolute Gasteiger partial charge is 0.449 e. The predicted octanol–water partition coefficient (Wildman–Crippen LogP) is 3.97. The van der Waals surface area contributed by atoms with Gasteiger partial charge in [-0.05, 0) is 35.9 Å². The van der Waals surface area contributed by atoms with Crippen LogP contribution in [0, 0.1) is 0 Å². The third kappa shape index (κ3) is 7.99. The van der Waals surface area contributed by atoms with Gasteiger partial charge >= 0.3 is 18.0 Å². The molecular formula is C23H22Cl2F3N5O4. The van der Waals surface area contributed by atoms with Crippen LogP contribution >= 0.6 is 23.2 Å². The maximum Gasteiger partial charge on any atom is 0.404 e. The minimum Gasteiger partial charge on any atom is -0.449 e. The number of nitrogens with two attached hydrogens (primary N) is 1. The molecule has 1 atom stereocenters. The number of hydrogen-bond acceptors (Lipinski definition) is 5. The number of aromatic nitrogens is 3. The standard InChI is InChI=1S/C23H22Cl2F3N5O4/c24-16-7-5-14(6-8-16)20-31-33(22(36)32(20)10-9-23(26,27)28)12-19(34)30-11-15(13-37-21(29)35)17-3-1-2-4-18(17)25/h1-8,15H,9-13H2,(H2,29,35)(H,30,34). The van der Waals surface area contributed by atoms with E-state index in [0.717, 1.165) is 9.25 Å². The molecule has 3 N–H and O–H groups in total. The molecule has 9 nitrogen and oxygen atoms in total. The van der Waals surface area contributed by atoms with Crippen LogP contribution in [0.5, 0.6) is 0 Å². The van der Waals surface area contributed by atoms with Gasteiger partial charge in [0.05, 0.1) is 6.42 Å². The van der Waals surface area contributed by atoms with Crippen molar-refractivity contribution in [1.29, 1.82) is 0 Å². The molecule has 0 saturated carbocycles. The van der Waals surface area contributed by atoms with E-state index in [4.69, 9.17) is 33.7 Å². The summed E-state index contributed by atoms with van der Waals surface area (Å²) in [6.07, 6.45) is -6.77. The molecule has 1 aromatic heterocycles. The number of carbonyl (C=O) groups is 2. The Morgan fingerprint density at radius 2 is 1.78 bits per heavy atom. The molecular weight excluding hydrogens is 538 g/mol. The van der Waals surface area contributed by atoms with Gasteiger partial charge in [-0.2, -0.15) is 13.2 Å². The van der Waals surface area contributed by atoms with Crippen molar-refractivity contribution < 1.29 is 27.5 Å². The van der Waals surface area contributed by atoms with E-state index in [0.29, 0.717) is 21.2 Å². The van der Waals surface area contributed by atoms with Crippen LogP contribution < -0.4 is 16.7 Å². The van der Waals surface area contributed by atoms with Gasteiger partial charge in [0.15, 0.2) is 5.82 Å². The first-order chi connectivity index (χ1) is 17.4. The predicted molar refractivity (Wildman–Crippen MR) is 130 cm³/mol. The first-order valence-electron chi connectivity index (χ1n) is 10.9. The van der Waals surface area contributed by atoms with Gasteiger partial charge in [0.1, 0.15) is 13.2 Å². The van der Waals surface area contributed by atoms with Crippen LogP contribution in [-0.4, -0.2) is 45.7 Å². The Kier molecular flexibility index (Phi) is 9.22. The number of ether oxygens (including phenoxy) is 1. The molecule has 0 spiro atoms. The van der Waals surface area contributed by atoms with Crippen LogP contribution in [0.15, 0.2) is 53.3 Å². The Balaban J connectivity index is 1.80. The van der Waals surface area contributed by atoms with Crippen molar-refractivity contribution in [3.63, 3.8) is 0 Å². The van der Waals surface area contributed by atoms with Crippen LogP contribution in [0.1, 0.15) is 17.9 Å². The summed E-state index contributed by atoms with van der Waals surface area (Å²) in [6, 6.07) is 12.8. The molecule has 1 unspecified atom stereocenters. The molecule has 0 aliphatic rings. The van der Waals surface area contributed by atoms with Crippen molar-refractivity contribution >= 4 is 35.2 Å². The minimum absolute atomic E-state index is 0.0383. The highest BCUT2D eigenvalue weighted by Crippen LogP contribution is 2.25. The van der Waals surface area contributed by atoms with Crippen molar-refractivity contribution in [2.75, 3.05) is 13.2 Å². The number of halogens is 5. The van der Waals surface area contributed by atoms with E-state index in [1.165, 1.54) is 24.3 Å². The molecule has 0 radical (unpaired) electrons. The number of benzene rings is 2. The average Bonchev–Trinajstić information content (AvgIpc) is 3.13. The zero-order chi connectivity index (χ0) is 27.2. The lowest BCUT2D eigenvalue weighted by atomic mass is 10.00. The summed E-state index contributed by atoms with van der Waals surface area (Å²) in [6.45, 7) is -1.46. The number of rotatable bonds is 10. The third-order valence-corrected chi connectivity index (χ3v) is 5.85. The SMILES string of the molecule is NC(=O)OCC(CNC(=O)Cn1nc(-c2ccc(Cl)cc2)n(CCC(F)(F)F)c1=O)c1ccccc1Cl. The van der Waals surface area contributed by atoms with Gasteiger partial charge in [-0.25, -0.2) is 14.3 Å². The van der Waals surface area contributed by atoms with Gasteiger partial charge in [-0.15, -0.1) is 5.10 Å². The van der Waals surface area contributed by atoms with Crippen LogP contribution in [0.3, 0.4) is 0 Å². The lowest BCUT2D eigenvalue weighted by Crippen LogP contribution is -2.37. The zero-order valence-corrected chi connectivity index (χ0v) is 20.7. The number of amides is 2. The topological polar surface area (TPSA) is 121 Å². The molecule has 0 saturated heterocycles. The molecule has 14 heteroatoms. The number of carbonyl (C=O) groups excluding carboxylic acids is 2. The smallest absolute Gasteiger partial charge is 0.404 e. The van der Waals surface area contributed by atoms with Crippen molar-refractivity contribution in [3.8, 4) is 11.4 Å². The molecule has 0 fully saturated rings. The van der Waals surface area contributed by atoms with E-state index in [1.807, 2.05) is 0 Å². The second-order valence-electron chi connectivity index (χ2n) is 7.94. The van der Waals surface area contributed by atoms with Gasteiger partial charge in [0.25, 0.3) is 0 Å².